The van der Waals surface area contributed by atoms with Gasteiger partial charge in [0, 0.05) is 7.11 Å². The number of carbonyl (C=O) groups is 1. The van der Waals surface area contributed by atoms with Crippen LogP contribution in [0.25, 0.3) is 0 Å². The number of esters is 1. The van der Waals surface area contributed by atoms with Crippen LogP contribution < -0.4 is 5.09 Å². The van der Waals surface area contributed by atoms with E-state index in [-0.39, 0.29) is 13.0 Å². The highest BCUT2D eigenvalue weighted by Crippen LogP contribution is 2.46. The van der Waals surface area contributed by atoms with Crippen molar-refractivity contribution in [3.05, 3.63) is 0 Å². The predicted molar refractivity (Wildman–Crippen MR) is 54.6 cm³/mol. The highest BCUT2D eigenvalue weighted by atomic mass is 35.7. The SMILES string of the molecule is CCOC(=O)[C@H](C)NP(=O)(Cl)COC. The standard InChI is InChI=1S/C7H15ClNO4P/c1-4-13-7(10)6(2)9-14(8,11)5-12-3/h6H,4-5H2,1-3H3,(H,9,11)/t6-,14?/m0/s1. The minimum atomic E-state index is -3.13. The number of ether oxygens (including phenoxy) is 2. The first kappa shape index (κ1) is 13.9. The third kappa shape index (κ3) is 5.60. The van der Waals surface area contributed by atoms with Gasteiger partial charge >= 0.3 is 5.97 Å². The number of nitrogens with one attached hydrogen (secondary N) is 1. The van der Waals surface area contributed by atoms with Crippen molar-refractivity contribution in [2.75, 3.05) is 20.1 Å². The lowest BCUT2D eigenvalue weighted by molar-refractivity contribution is -0.144. The number of hydrogen-bond acceptors (Lipinski definition) is 4. The third-order valence-corrected chi connectivity index (χ3v) is 3.27. The monoisotopic (exact) mass is 243 g/mol. The van der Waals surface area contributed by atoms with Crippen LogP contribution in [0.4, 0.5) is 0 Å². The average molecular weight is 244 g/mol. The zero-order chi connectivity index (χ0) is 11.2. The Bertz CT molecular complexity index is 236. The van der Waals surface area contributed by atoms with Crippen molar-refractivity contribution in [1.82, 2.24) is 5.09 Å². The van der Waals surface area contributed by atoms with Crippen molar-refractivity contribution in [3.8, 4) is 0 Å². The minimum Gasteiger partial charge on any atom is -0.465 e. The fraction of sp³-hybridized carbons (Fsp3) is 0.857. The number of halogens is 1. The van der Waals surface area contributed by atoms with Crippen LogP contribution in [0.5, 0.6) is 0 Å². The molecule has 0 rings (SSSR count). The highest BCUT2D eigenvalue weighted by Gasteiger charge is 2.25. The Labute approximate surface area is 88.3 Å². The fourth-order valence-corrected chi connectivity index (χ4v) is 2.63. The second-order valence-corrected chi connectivity index (χ2v) is 6.13. The molecule has 0 saturated heterocycles. The molecule has 0 aliphatic heterocycles. The Balaban J connectivity index is 4.10. The zero-order valence-corrected chi connectivity index (χ0v) is 10.1. The van der Waals surface area contributed by atoms with Crippen molar-refractivity contribution in [3.63, 3.8) is 0 Å². The zero-order valence-electron chi connectivity index (χ0n) is 8.45. The van der Waals surface area contributed by atoms with Crippen LogP contribution in [0.2, 0.25) is 0 Å². The molecule has 5 nitrogen and oxygen atoms in total. The molecule has 0 fully saturated rings. The molecule has 0 heterocycles. The first-order chi connectivity index (χ1) is 6.43. The van der Waals surface area contributed by atoms with Crippen molar-refractivity contribution in [1.29, 1.82) is 0 Å². The molecule has 84 valence electrons. The third-order valence-electron chi connectivity index (χ3n) is 1.32. The molecule has 14 heavy (non-hydrogen) atoms. The van der Waals surface area contributed by atoms with E-state index in [1.807, 2.05) is 0 Å². The lowest BCUT2D eigenvalue weighted by Gasteiger charge is -2.16. The number of hydrogen-bond donors (Lipinski definition) is 1. The molecule has 0 saturated carbocycles. The van der Waals surface area contributed by atoms with Crippen LogP contribution in [0.15, 0.2) is 0 Å². The number of methoxy groups -OCH3 is 1. The maximum absolute atomic E-state index is 11.5. The number of carbonyl (C=O) groups excluding carboxylic acids is 1. The largest absolute Gasteiger partial charge is 0.465 e. The van der Waals surface area contributed by atoms with Crippen LogP contribution in [0, 0.1) is 0 Å². The van der Waals surface area contributed by atoms with Gasteiger partial charge in [-0.1, -0.05) is 0 Å². The molecule has 0 amide bonds. The summed E-state index contributed by atoms with van der Waals surface area (Å²) in [5.74, 6) is -0.482. The summed E-state index contributed by atoms with van der Waals surface area (Å²) in [6.45, 7) is 0.377. The molecular weight excluding hydrogens is 229 g/mol. The first-order valence-corrected chi connectivity index (χ1v) is 6.94. The van der Waals surface area contributed by atoms with Gasteiger partial charge < -0.3 is 9.47 Å². The van der Waals surface area contributed by atoms with E-state index >= 15 is 0 Å². The second-order valence-electron chi connectivity index (χ2n) is 2.67. The van der Waals surface area contributed by atoms with E-state index < -0.39 is 18.7 Å². The van der Waals surface area contributed by atoms with Gasteiger partial charge in [-0.3, -0.25) is 9.36 Å². The second kappa shape index (κ2) is 6.40. The summed E-state index contributed by atoms with van der Waals surface area (Å²) in [7, 11) is 1.38. The molecule has 0 spiro atoms. The van der Waals surface area contributed by atoms with Gasteiger partial charge in [-0.05, 0) is 25.1 Å². The number of rotatable bonds is 6. The van der Waals surface area contributed by atoms with Gasteiger partial charge in [0.1, 0.15) is 12.4 Å². The van der Waals surface area contributed by atoms with Gasteiger partial charge in [0.2, 0.25) is 0 Å². The highest BCUT2D eigenvalue weighted by molar-refractivity contribution is 7.87. The lowest BCUT2D eigenvalue weighted by atomic mass is 10.4. The van der Waals surface area contributed by atoms with Crippen LogP contribution >= 0.6 is 17.9 Å². The Morgan fingerprint density at radius 1 is 1.64 bits per heavy atom. The topological polar surface area (TPSA) is 64.6 Å². The van der Waals surface area contributed by atoms with Crippen LogP contribution in [-0.4, -0.2) is 32.1 Å². The summed E-state index contributed by atoms with van der Waals surface area (Å²) < 4.78 is 20.8. The van der Waals surface area contributed by atoms with Crippen molar-refractivity contribution in [2.45, 2.75) is 19.9 Å². The lowest BCUT2D eigenvalue weighted by Crippen LogP contribution is -2.33. The van der Waals surface area contributed by atoms with Crippen LogP contribution in [0.3, 0.4) is 0 Å². The van der Waals surface area contributed by atoms with E-state index in [1.54, 1.807) is 6.92 Å². The Hall–Kier alpha value is -0.0900. The summed E-state index contributed by atoms with van der Waals surface area (Å²) >= 11 is 5.59. The summed E-state index contributed by atoms with van der Waals surface area (Å²) in [6, 6.07) is -0.701. The molecule has 0 bridgehead atoms. The molecule has 2 atom stereocenters. The van der Waals surface area contributed by atoms with Gasteiger partial charge in [-0.25, -0.2) is 5.09 Å². The molecule has 0 aliphatic carbocycles. The van der Waals surface area contributed by atoms with Crippen molar-refractivity contribution >= 4 is 23.9 Å². The van der Waals surface area contributed by atoms with E-state index in [0.717, 1.165) is 0 Å². The van der Waals surface area contributed by atoms with Gasteiger partial charge in [-0.15, -0.1) is 0 Å². The van der Waals surface area contributed by atoms with Gasteiger partial charge in [0.05, 0.1) is 6.61 Å². The molecule has 0 aromatic carbocycles. The molecule has 0 aromatic rings. The molecule has 7 heteroatoms. The van der Waals surface area contributed by atoms with Crippen LogP contribution in [0.1, 0.15) is 13.8 Å². The Morgan fingerprint density at radius 2 is 2.21 bits per heavy atom. The van der Waals surface area contributed by atoms with E-state index in [9.17, 15) is 9.36 Å². The van der Waals surface area contributed by atoms with Crippen molar-refractivity contribution in [2.24, 2.45) is 0 Å². The molecular formula is C7H15ClNO4P. The van der Waals surface area contributed by atoms with Gasteiger partial charge in [0.25, 0.3) is 6.65 Å². The summed E-state index contributed by atoms with van der Waals surface area (Å²) in [5, 5.41) is 2.46. The maximum atomic E-state index is 11.5. The van der Waals surface area contributed by atoms with Crippen LogP contribution in [-0.2, 0) is 18.8 Å². The van der Waals surface area contributed by atoms with E-state index in [0.29, 0.717) is 0 Å². The summed E-state index contributed by atoms with van der Waals surface area (Å²) in [4.78, 5) is 11.1. The van der Waals surface area contributed by atoms with E-state index in [1.165, 1.54) is 14.0 Å². The quantitative estimate of drug-likeness (QED) is 0.567. The summed E-state index contributed by atoms with van der Waals surface area (Å²) in [6.07, 6.45) is -0.127. The Morgan fingerprint density at radius 3 is 2.64 bits per heavy atom. The maximum Gasteiger partial charge on any atom is 0.323 e. The Kier molecular flexibility index (Phi) is 6.36. The van der Waals surface area contributed by atoms with Gasteiger partial charge in [0.15, 0.2) is 0 Å². The summed E-state index contributed by atoms with van der Waals surface area (Å²) in [5.41, 5.74) is 0. The molecule has 0 aromatic heterocycles. The van der Waals surface area contributed by atoms with Crippen molar-refractivity contribution < 1.29 is 18.8 Å². The molecule has 1 unspecified atom stereocenters. The average Bonchev–Trinajstić information content (AvgIpc) is 2.03. The molecule has 1 N–H and O–H groups in total. The van der Waals surface area contributed by atoms with E-state index in [2.05, 4.69) is 9.82 Å². The minimum absolute atomic E-state index is 0.127. The first-order valence-electron chi connectivity index (χ1n) is 4.15. The molecule has 0 radical (unpaired) electrons. The smallest absolute Gasteiger partial charge is 0.323 e. The predicted octanol–water partition coefficient (Wildman–Crippen LogP) is 1.56. The fourth-order valence-electron chi connectivity index (χ4n) is 0.812. The van der Waals surface area contributed by atoms with E-state index in [4.69, 9.17) is 16.0 Å². The van der Waals surface area contributed by atoms with Gasteiger partial charge in [-0.2, -0.15) is 0 Å². The normalized spacial score (nSPS) is 17.1. The molecule has 0 aliphatic rings.